The molecule has 0 amide bonds. The van der Waals surface area contributed by atoms with Crippen LogP contribution in [-0.4, -0.2) is 11.6 Å². The van der Waals surface area contributed by atoms with Crippen LogP contribution in [0.25, 0.3) is 0 Å². The van der Waals surface area contributed by atoms with Crippen molar-refractivity contribution in [3.05, 3.63) is 0 Å². The van der Waals surface area contributed by atoms with E-state index in [1.807, 2.05) is 0 Å². The minimum atomic E-state index is -0.121. The lowest BCUT2D eigenvalue weighted by Gasteiger charge is -2.02. The highest BCUT2D eigenvalue weighted by Crippen LogP contribution is 2.14. The van der Waals surface area contributed by atoms with Crippen molar-refractivity contribution in [2.75, 3.05) is 0 Å². The first-order valence-corrected chi connectivity index (χ1v) is 8.37. The van der Waals surface area contributed by atoms with Crippen molar-refractivity contribution >= 4 is 11.6 Å². The first kappa shape index (κ1) is 16.4. The molecule has 0 saturated heterocycles. The van der Waals surface area contributed by atoms with E-state index in [1.54, 1.807) is 0 Å². The van der Waals surface area contributed by atoms with Crippen LogP contribution in [0, 0.1) is 0 Å². The lowest BCUT2D eigenvalue weighted by Crippen LogP contribution is -2.13. The minimum Gasteiger partial charge on any atom is -0.291 e. The monoisotopic (exact) mass is 266 g/mol. The van der Waals surface area contributed by atoms with Crippen LogP contribution in [0.1, 0.15) is 96.3 Å². The van der Waals surface area contributed by atoms with E-state index in [0.717, 1.165) is 25.7 Å². The predicted octanol–water partition coefficient (Wildman–Crippen LogP) is 4.99. The van der Waals surface area contributed by atoms with E-state index in [-0.39, 0.29) is 11.6 Å². The first-order chi connectivity index (χ1) is 9.30. The van der Waals surface area contributed by atoms with Gasteiger partial charge in [0, 0.05) is 12.8 Å². The molecule has 1 aliphatic carbocycles. The number of carbonyl (C=O) groups excluding carboxylic acids is 2. The Morgan fingerprint density at radius 3 is 0.842 bits per heavy atom. The standard InChI is InChI=1S/C17H30O2/c18-16-14-12-10-8-6-4-2-1-3-5-7-9-11-13-15-17(16)19/h1-15H2. The Kier molecular flexibility index (Phi) is 9.66. The summed E-state index contributed by atoms with van der Waals surface area (Å²) in [5, 5.41) is 0. The first-order valence-electron chi connectivity index (χ1n) is 8.37. The van der Waals surface area contributed by atoms with Gasteiger partial charge in [-0.2, -0.15) is 0 Å². The Labute approximate surface area is 118 Å². The summed E-state index contributed by atoms with van der Waals surface area (Å²) in [5.41, 5.74) is 0. The van der Waals surface area contributed by atoms with Crippen LogP contribution in [0.15, 0.2) is 0 Å². The molecule has 0 spiro atoms. The van der Waals surface area contributed by atoms with Gasteiger partial charge in [0.15, 0.2) is 11.6 Å². The normalized spacial score (nSPS) is 22.9. The number of ketones is 2. The molecular formula is C17H30O2. The summed E-state index contributed by atoms with van der Waals surface area (Å²) >= 11 is 0. The Hall–Kier alpha value is -0.660. The van der Waals surface area contributed by atoms with Gasteiger partial charge < -0.3 is 0 Å². The van der Waals surface area contributed by atoms with Crippen molar-refractivity contribution in [3.63, 3.8) is 0 Å². The van der Waals surface area contributed by atoms with Crippen LogP contribution in [0.2, 0.25) is 0 Å². The van der Waals surface area contributed by atoms with Gasteiger partial charge in [0.25, 0.3) is 0 Å². The van der Waals surface area contributed by atoms with E-state index in [4.69, 9.17) is 0 Å². The molecule has 0 aliphatic heterocycles. The van der Waals surface area contributed by atoms with Crippen molar-refractivity contribution in [1.82, 2.24) is 0 Å². The zero-order chi connectivity index (χ0) is 13.8. The maximum atomic E-state index is 11.6. The van der Waals surface area contributed by atoms with Crippen molar-refractivity contribution in [3.8, 4) is 0 Å². The topological polar surface area (TPSA) is 34.1 Å². The van der Waals surface area contributed by atoms with E-state index < -0.39 is 0 Å². The average Bonchev–Trinajstić information content (AvgIpc) is 2.41. The summed E-state index contributed by atoms with van der Waals surface area (Å²) in [6.07, 6.45) is 16.9. The largest absolute Gasteiger partial charge is 0.291 e. The van der Waals surface area contributed by atoms with E-state index in [1.165, 1.54) is 57.8 Å². The van der Waals surface area contributed by atoms with Gasteiger partial charge in [0.1, 0.15) is 0 Å². The fourth-order valence-corrected chi connectivity index (χ4v) is 2.79. The number of rotatable bonds is 0. The molecule has 0 atom stereocenters. The van der Waals surface area contributed by atoms with Crippen molar-refractivity contribution < 1.29 is 9.59 Å². The molecule has 19 heavy (non-hydrogen) atoms. The maximum Gasteiger partial charge on any atom is 0.198 e. The van der Waals surface area contributed by atoms with E-state index in [0.29, 0.717) is 12.8 Å². The van der Waals surface area contributed by atoms with Crippen LogP contribution in [0.4, 0.5) is 0 Å². The van der Waals surface area contributed by atoms with Gasteiger partial charge in [-0.1, -0.05) is 70.6 Å². The molecule has 0 N–H and O–H groups in total. The third-order valence-corrected chi connectivity index (χ3v) is 4.12. The molecule has 2 heteroatoms. The Morgan fingerprint density at radius 1 is 0.368 bits per heavy atom. The van der Waals surface area contributed by atoms with Gasteiger partial charge in [0.05, 0.1) is 0 Å². The molecule has 1 fully saturated rings. The fraction of sp³-hybridized carbons (Fsp3) is 0.882. The third-order valence-electron chi connectivity index (χ3n) is 4.12. The zero-order valence-electron chi connectivity index (χ0n) is 12.4. The maximum absolute atomic E-state index is 11.6. The van der Waals surface area contributed by atoms with Crippen LogP contribution in [0.5, 0.6) is 0 Å². The molecule has 1 aliphatic rings. The molecule has 0 unspecified atom stereocenters. The molecule has 0 aromatic heterocycles. The molecule has 0 heterocycles. The summed E-state index contributed by atoms with van der Waals surface area (Å²) in [6, 6.07) is 0. The summed E-state index contributed by atoms with van der Waals surface area (Å²) < 4.78 is 0. The van der Waals surface area contributed by atoms with Crippen LogP contribution in [-0.2, 0) is 9.59 Å². The van der Waals surface area contributed by atoms with Crippen molar-refractivity contribution in [2.24, 2.45) is 0 Å². The van der Waals surface area contributed by atoms with Gasteiger partial charge in [-0.3, -0.25) is 9.59 Å². The molecule has 2 nitrogen and oxygen atoms in total. The average molecular weight is 266 g/mol. The Balaban J connectivity index is 2.23. The summed E-state index contributed by atoms with van der Waals surface area (Å²) in [6.45, 7) is 0. The molecule has 1 rings (SSSR count). The molecule has 0 bridgehead atoms. The summed E-state index contributed by atoms with van der Waals surface area (Å²) in [4.78, 5) is 23.2. The van der Waals surface area contributed by atoms with Gasteiger partial charge in [-0.05, 0) is 12.8 Å². The molecule has 1 saturated carbocycles. The highest BCUT2D eigenvalue weighted by atomic mass is 16.2. The Bertz CT molecular complexity index is 232. The van der Waals surface area contributed by atoms with Crippen LogP contribution < -0.4 is 0 Å². The lowest BCUT2D eigenvalue weighted by atomic mass is 10.0. The van der Waals surface area contributed by atoms with Crippen molar-refractivity contribution in [2.45, 2.75) is 96.3 Å². The minimum absolute atomic E-state index is 0.121. The Morgan fingerprint density at radius 2 is 0.579 bits per heavy atom. The second-order valence-corrected chi connectivity index (χ2v) is 5.94. The summed E-state index contributed by atoms with van der Waals surface area (Å²) in [7, 11) is 0. The molecular weight excluding hydrogens is 236 g/mol. The number of hydrogen-bond donors (Lipinski definition) is 0. The number of Topliss-reactive ketones (excluding diaryl/α,β-unsaturated/α-hetero) is 2. The zero-order valence-corrected chi connectivity index (χ0v) is 12.4. The molecule has 0 aromatic carbocycles. The van der Waals surface area contributed by atoms with Gasteiger partial charge >= 0.3 is 0 Å². The quantitative estimate of drug-likeness (QED) is 0.579. The second kappa shape index (κ2) is 11.2. The van der Waals surface area contributed by atoms with Gasteiger partial charge in [-0.15, -0.1) is 0 Å². The van der Waals surface area contributed by atoms with Crippen LogP contribution in [0.3, 0.4) is 0 Å². The SMILES string of the molecule is O=C1CCCCCCCCCCCCCCCC1=O. The van der Waals surface area contributed by atoms with E-state index in [9.17, 15) is 9.59 Å². The lowest BCUT2D eigenvalue weighted by molar-refractivity contribution is -0.136. The summed E-state index contributed by atoms with van der Waals surface area (Å²) in [5.74, 6) is -0.242. The smallest absolute Gasteiger partial charge is 0.198 e. The molecule has 110 valence electrons. The molecule has 0 radical (unpaired) electrons. The third kappa shape index (κ3) is 8.96. The molecule has 0 aromatic rings. The number of hydrogen-bond acceptors (Lipinski definition) is 2. The predicted molar refractivity (Wildman–Crippen MR) is 79.3 cm³/mol. The van der Waals surface area contributed by atoms with E-state index in [2.05, 4.69) is 0 Å². The fourth-order valence-electron chi connectivity index (χ4n) is 2.79. The highest BCUT2D eigenvalue weighted by molar-refractivity contribution is 6.37. The van der Waals surface area contributed by atoms with Crippen molar-refractivity contribution in [1.29, 1.82) is 0 Å². The van der Waals surface area contributed by atoms with Crippen LogP contribution >= 0.6 is 0 Å². The van der Waals surface area contributed by atoms with Gasteiger partial charge in [-0.25, -0.2) is 0 Å². The van der Waals surface area contributed by atoms with Gasteiger partial charge in [0.2, 0.25) is 0 Å². The highest BCUT2D eigenvalue weighted by Gasteiger charge is 2.12. The second-order valence-electron chi connectivity index (χ2n) is 5.94. The van der Waals surface area contributed by atoms with E-state index >= 15 is 0 Å². The number of carbonyl (C=O) groups is 2.